The molecule has 0 aromatic rings. The van der Waals surface area contributed by atoms with Crippen molar-refractivity contribution in [3.8, 4) is 0 Å². The third-order valence-electron chi connectivity index (χ3n) is 2.11. The number of rotatable bonds is 10. The van der Waals surface area contributed by atoms with Gasteiger partial charge in [-0.2, -0.15) is 0 Å². The van der Waals surface area contributed by atoms with Gasteiger partial charge in [-0.15, -0.1) is 11.8 Å². The number of halogens is 1. The molecular weight excluding hydrogens is 227 g/mol. The Morgan fingerprint density at radius 1 is 1.31 bits per heavy atom. The zero-order valence-electron chi connectivity index (χ0n) is 10.3. The molecule has 0 heterocycles. The first-order chi connectivity index (χ1) is 7.76. The van der Waals surface area contributed by atoms with Crippen LogP contribution in [0.25, 0.3) is 0 Å². The molecule has 0 aromatic heterocycles. The molecule has 1 atom stereocenters. The Kier molecular flexibility index (Phi) is 11.1. The number of carbonyl (C=O) groups is 1. The number of unbranched alkanes of at least 4 members (excludes halogenated alkanes) is 1. The lowest BCUT2D eigenvalue weighted by Crippen LogP contribution is -2.21. The molecule has 0 saturated heterocycles. The van der Waals surface area contributed by atoms with Gasteiger partial charge in [0.1, 0.15) is 5.25 Å². The van der Waals surface area contributed by atoms with Gasteiger partial charge in [0.05, 0.1) is 13.3 Å². The number of thioether (sulfide) groups is 1. The van der Waals surface area contributed by atoms with Gasteiger partial charge in [0, 0.05) is 0 Å². The highest BCUT2D eigenvalue weighted by Gasteiger charge is 2.18. The second-order valence-electron chi connectivity index (χ2n) is 3.71. The SMILES string of the molecule is CCCOC(=O)C(CCC)SCCCCF. The van der Waals surface area contributed by atoms with Crippen molar-refractivity contribution in [2.75, 3.05) is 19.0 Å². The topological polar surface area (TPSA) is 26.3 Å². The van der Waals surface area contributed by atoms with Crippen molar-refractivity contribution in [3.63, 3.8) is 0 Å². The number of ether oxygens (including phenoxy) is 1. The fourth-order valence-corrected chi connectivity index (χ4v) is 2.51. The van der Waals surface area contributed by atoms with Crippen LogP contribution in [0.2, 0.25) is 0 Å². The third-order valence-corrected chi connectivity index (χ3v) is 3.46. The normalized spacial score (nSPS) is 12.4. The molecule has 0 rings (SSSR count). The van der Waals surface area contributed by atoms with Crippen molar-refractivity contribution in [2.45, 2.75) is 51.2 Å². The van der Waals surface area contributed by atoms with Crippen LogP contribution in [0.5, 0.6) is 0 Å². The van der Waals surface area contributed by atoms with Crippen molar-refractivity contribution in [1.82, 2.24) is 0 Å². The van der Waals surface area contributed by atoms with Gasteiger partial charge in [-0.25, -0.2) is 0 Å². The minimum atomic E-state index is -0.265. The Bertz CT molecular complexity index is 176. The quantitative estimate of drug-likeness (QED) is 0.438. The maximum Gasteiger partial charge on any atom is 0.319 e. The van der Waals surface area contributed by atoms with Gasteiger partial charge in [0.25, 0.3) is 0 Å². The summed E-state index contributed by atoms with van der Waals surface area (Å²) in [7, 11) is 0. The van der Waals surface area contributed by atoms with E-state index in [1.165, 1.54) is 0 Å². The summed E-state index contributed by atoms with van der Waals surface area (Å²) in [5, 5.41) is -0.0591. The van der Waals surface area contributed by atoms with E-state index in [0.717, 1.165) is 31.4 Å². The average molecular weight is 250 g/mol. The van der Waals surface area contributed by atoms with E-state index in [9.17, 15) is 9.18 Å². The number of alkyl halides is 1. The molecule has 0 amide bonds. The van der Waals surface area contributed by atoms with E-state index in [1.54, 1.807) is 11.8 Å². The zero-order chi connectivity index (χ0) is 12.2. The van der Waals surface area contributed by atoms with Gasteiger partial charge in [0.2, 0.25) is 0 Å². The predicted octanol–water partition coefficient (Wildman–Crippen LogP) is 3.59. The van der Waals surface area contributed by atoms with E-state index >= 15 is 0 Å². The summed E-state index contributed by atoms with van der Waals surface area (Å²) >= 11 is 1.60. The molecule has 96 valence electrons. The van der Waals surface area contributed by atoms with Crippen LogP contribution in [0, 0.1) is 0 Å². The summed E-state index contributed by atoms with van der Waals surface area (Å²) in [5.41, 5.74) is 0. The molecule has 0 radical (unpaired) electrons. The van der Waals surface area contributed by atoms with Crippen molar-refractivity contribution < 1.29 is 13.9 Å². The largest absolute Gasteiger partial charge is 0.465 e. The molecule has 0 aromatic carbocycles. The van der Waals surface area contributed by atoms with Gasteiger partial charge in [0.15, 0.2) is 0 Å². The summed E-state index contributed by atoms with van der Waals surface area (Å²) in [6.45, 7) is 4.28. The number of hydrogen-bond donors (Lipinski definition) is 0. The molecular formula is C12H23FO2S. The highest BCUT2D eigenvalue weighted by Crippen LogP contribution is 2.19. The summed E-state index contributed by atoms with van der Waals surface area (Å²) in [6, 6.07) is 0. The first-order valence-corrected chi connectivity index (χ1v) is 7.15. The van der Waals surface area contributed by atoms with E-state index in [2.05, 4.69) is 6.92 Å². The Labute approximate surface area is 102 Å². The van der Waals surface area contributed by atoms with E-state index < -0.39 is 0 Å². The van der Waals surface area contributed by atoms with Crippen LogP contribution in [-0.2, 0) is 9.53 Å². The van der Waals surface area contributed by atoms with Crippen LogP contribution in [0.3, 0.4) is 0 Å². The van der Waals surface area contributed by atoms with Crippen LogP contribution in [0.15, 0.2) is 0 Å². The number of hydrogen-bond acceptors (Lipinski definition) is 3. The molecule has 2 nitrogen and oxygen atoms in total. The molecule has 0 bridgehead atoms. The lowest BCUT2D eigenvalue weighted by atomic mass is 10.2. The van der Waals surface area contributed by atoms with Gasteiger partial charge >= 0.3 is 5.97 Å². The Balaban J connectivity index is 3.80. The molecule has 4 heteroatoms. The van der Waals surface area contributed by atoms with Gasteiger partial charge in [-0.05, 0) is 31.4 Å². The number of esters is 1. The smallest absolute Gasteiger partial charge is 0.319 e. The van der Waals surface area contributed by atoms with Crippen LogP contribution in [0.1, 0.15) is 46.0 Å². The second kappa shape index (κ2) is 11.2. The minimum Gasteiger partial charge on any atom is -0.465 e. The van der Waals surface area contributed by atoms with Crippen LogP contribution < -0.4 is 0 Å². The predicted molar refractivity (Wildman–Crippen MR) is 67.6 cm³/mol. The summed E-state index contributed by atoms with van der Waals surface area (Å²) in [6.07, 6.45) is 4.11. The molecule has 0 aliphatic carbocycles. The molecule has 0 aliphatic heterocycles. The molecule has 0 spiro atoms. The average Bonchev–Trinajstić information content (AvgIpc) is 2.30. The maximum absolute atomic E-state index is 11.9. The van der Waals surface area contributed by atoms with Crippen LogP contribution >= 0.6 is 11.8 Å². The third kappa shape index (κ3) is 7.97. The monoisotopic (exact) mass is 250 g/mol. The van der Waals surface area contributed by atoms with E-state index in [4.69, 9.17) is 4.74 Å². The second-order valence-corrected chi connectivity index (χ2v) is 5.02. The van der Waals surface area contributed by atoms with Crippen molar-refractivity contribution >= 4 is 17.7 Å². The molecule has 0 N–H and O–H groups in total. The van der Waals surface area contributed by atoms with Gasteiger partial charge in [-0.1, -0.05) is 20.3 Å². The molecule has 0 fully saturated rings. The van der Waals surface area contributed by atoms with E-state index in [1.807, 2.05) is 6.92 Å². The minimum absolute atomic E-state index is 0.0591. The van der Waals surface area contributed by atoms with E-state index in [0.29, 0.717) is 13.0 Å². The maximum atomic E-state index is 11.9. The van der Waals surface area contributed by atoms with E-state index in [-0.39, 0.29) is 17.9 Å². The Morgan fingerprint density at radius 2 is 2.06 bits per heavy atom. The molecule has 0 aliphatic rings. The standard InChI is InChI=1S/C12H23FO2S/c1-3-7-11(12(14)15-9-4-2)16-10-6-5-8-13/h11H,3-10H2,1-2H3. The molecule has 16 heavy (non-hydrogen) atoms. The highest BCUT2D eigenvalue weighted by atomic mass is 32.2. The van der Waals surface area contributed by atoms with Crippen LogP contribution in [-0.4, -0.2) is 30.3 Å². The van der Waals surface area contributed by atoms with Gasteiger partial charge < -0.3 is 4.74 Å². The Hall–Kier alpha value is -0.250. The van der Waals surface area contributed by atoms with Crippen molar-refractivity contribution in [1.29, 1.82) is 0 Å². The van der Waals surface area contributed by atoms with Crippen molar-refractivity contribution in [2.24, 2.45) is 0 Å². The Morgan fingerprint density at radius 3 is 2.62 bits per heavy atom. The fourth-order valence-electron chi connectivity index (χ4n) is 1.25. The lowest BCUT2D eigenvalue weighted by molar-refractivity contribution is -0.143. The highest BCUT2D eigenvalue weighted by molar-refractivity contribution is 8.00. The first kappa shape index (κ1) is 15.8. The molecule has 0 saturated carbocycles. The lowest BCUT2D eigenvalue weighted by Gasteiger charge is -2.14. The summed E-state index contributed by atoms with van der Waals surface area (Å²) in [5.74, 6) is 0.740. The molecule has 1 unspecified atom stereocenters. The number of carbonyl (C=O) groups excluding carboxylic acids is 1. The van der Waals surface area contributed by atoms with Crippen molar-refractivity contribution in [3.05, 3.63) is 0 Å². The first-order valence-electron chi connectivity index (χ1n) is 6.10. The zero-order valence-corrected chi connectivity index (χ0v) is 11.2. The summed E-state index contributed by atoms with van der Waals surface area (Å²) < 4.78 is 17.0. The van der Waals surface area contributed by atoms with Gasteiger partial charge in [-0.3, -0.25) is 9.18 Å². The fraction of sp³-hybridized carbons (Fsp3) is 0.917. The summed E-state index contributed by atoms with van der Waals surface area (Å²) in [4.78, 5) is 11.6. The van der Waals surface area contributed by atoms with Crippen LogP contribution in [0.4, 0.5) is 4.39 Å².